The van der Waals surface area contributed by atoms with E-state index in [1.54, 1.807) is 104 Å². The molecule has 0 aliphatic rings. The zero-order valence-electron chi connectivity index (χ0n) is 38.7. The third-order valence-electron chi connectivity index (χ3n) is 10.6. The number of rotatable bonds is 12. The molecule has 0 spiro atoms. The number of halogens is 2. The number of carbonyl (C=O) groups is 1. The third-order valence-corrected chi connectivity index (χ3v) is 12.8. The van der Waals surface area contributed by atoms with Gasteiger partial charge in [-0.25, -0.2) is 0 Å². The van der Waals surface area contributed by atoms with Crippen molar-refractivity contribution in [2.45, 2.75) is 23.6 Å². The summed E-state index contributed by atoms with van der Waals surface area (Å²) >= 11 is 11.9. The van der Waals surface area contributed by atoms with Crippen LogP contribution >= 0.6 is 23.2 Å². The minimum absolute atomic E-state index is 0. The molecular weight excluding hydrogens is 1050 g/mol. The van der Waals surface area contributed by atoms with Gasteiger partial charge >= 0.3 is 37.7 Å². The average Bonchev–Trinajstić information content (AvgIpc) is 3.33. The summed E-state index contributed by atoms with van der Waals surface area (Å²) in [5.41, 5.74) is 0.325. The molecule has 4 N–H and O–H groups in total. The molecule has 0 radical (unpaired) electrons. The van der Waals surface area contributed by atoms with Gasteiger partial charge < -0.3 is 30.1 Å². The van der Waals surface area contributed by atoms with Crippen molar-refractivity contribution >= 4 is 149 Å². The Labute approximate surface area is 457 Å². The number of carbonyl (C=O) groups excluding carboxylic acids is 1. The van der Waals surface area contributed by atoms with Crippen LogP contribution in [0.2, 0.25) is 10.0 Å². The molecule has 0 saturated carbocycles. The fourth-order valence-electron chi connectivity index (χ4n) is 7.25. The molecule has 0 aromatic heterocycles. The topological polar surface area (TPSA) is 284 Å². The second-order valence-electron chi connectivity index (χ2n) is 15.4. The van der Waals surface area contributed by atoms with Crippen LogP contribution in [-0.4, -0.2) is 94.8 Å². The summed E-state index contributed by atoms with van der Waals surface area (Å²) in [6, 6.07) is 34.9. The summed E-state index contributed by atoms with van der Waals surface area (Å²) in [5.74, 6) is -1.86. The minimum atomic E-state index is -4.70. The smallest absolute Gasteiger partial charge is 0.871 e. The van der Waals surface area contributed by atoms with Crippen LogP contribution in [0.15, 0.2) is 169 Å². The Hall–Kier alpha value is -6.72. The van der Waals surface area contributed by atoms with Crippen LogP contribution in [0.4, 0.5) is 34.1 Å². The number of phenolic OH excluding ortho intramolecular Hbond substituents is 1. The van der Waals surface area contributed by atoms with Crippen LogP contribution in [0, 0.1) is 13.8 Å². The van der Waals surface area contributed by atoms with Crippen LogP contribution in [0.1, 0.15) is 27.0 Å². The van der Waals surface area contributed by atoms with Crippen molar-refractivity contribution in [3.8, 4) is 23.0 Å². The molecule has 1 amide bonds. The van der Waals surface area contributed by atoms with Gasteiger partial charge in [-0.3, -0.25) is 18.9 Å². The number of hydrogen-bond acceptors (Lipinski definition) is 15. The second-order valence-corrected chi connectivity index (χ2v) is 19.1. The number of phenols is 1. The summed E-state index contributed by atoms with van der Waals surface area (Å²) in [4.78, 5) is 16.1. The molecule has 368 valence electrons. The van der Waals surface area contributed by atoms with Crippen molar-refractivity contribution in [3.63, 3.8) is 0 Å². The van der Waals surface area contributed by atoms with E-state index in [2.05, 4.69) is 30.8 Å². The molecule has 0 aliphatic carbocycles. The van der Waals surface area contributed by atoms with Crippen molar-refractivity contribution in [2.75, 3.05) is 19.5 Å². The van der Waals surface area contributed by atoms with Gasteiger partial charge in [0.25, 0.3) is 26.1 Å². The number of aryl methyl sites for hydroxylation is 2. The van der Waals surface area contributed by atoms with Crippen molar-refractivity contribution in [1.82, 2.24) is 0 Å². The number of para-hydroxylation sites is 4. The number of aromatic hydroxyl groups is 1. The maximum absolute atomic E-state index is 13.4. The van der Waals surface area contributed by atoms with E-state index in [9.17, 15) is 46.1 Å². The number of azo groups is 2. The third kappa shape index (κ3) is 12.7. The minimum Gasteiger partial charge on any atom is -0.871 e. The molecule has 0 atom stereocenters. The Morgan fingerprint density at radius 1 is 0.603 bits per heavy atom. The van der Waals surface area contributed by atoms with E-state index >= 15 is 0 Å². The molecular formula is C50H38CaCl2N6O12S2. The van der Waals surface area contributed by atoms with Crippen LogP contribution in [-0.2, 0) is 20.2 Å². The number of nitrogens with one attached hydrogen (secondary N) is 1. The normalized spacial score (nSPS) is 11.9. The first-order chi connectivity index (χ1) is 34.2. The van der Waals surface area contributed by atoms with Gasteiger partial charge in [-0.05, 0) is 108 Å². The molecule has 0 heterocycles. The fraction of sp³-hybridized carbons (Fsp3) is 0.0800. The van der Waals surface area contributed by atoms with Crippen molar-refractivity contribution in [3.05, 3.63) is 166 Å². The Morgan fingerprint density at radius 2 is 1.04 bits per heavy atom. The van der Waals surface area contributed by atoms with Crippen molar-refractivity contribution < 1.29 is 55.5 Å². The molecule has 73 heavy (non-hydrogen) atoms. The number of amides is 1. The van der Waals surface area contributed by atoms with Gasteiger partial charge in [0.2, 0.25) is 0 Å². The maximum atomic E-state index is 13.4. The van der Waals surface area contributed by atoms with Gasteiger partial charge in [0, 0.05) is 20.8 Å². The van der Waals surface area contributed by atoms with Crippen LogP contribution in [0.25, 0.3) is 21.5 Å². The number of fused-ring (bicyclic) bond motifs is 2. The summed E-state index contributed by atoms with van der Waals surface area (Å²) in [6.07, 6.45) is 0. The quantitative estimate of drug-likeness (QED) is 0.0292. The summed E-state index contributed by atoms with van der Waals surface area (Å²) in [5, 5.41) is 58.4. The van der Waals surface area contributed by atoms with Gasteiger partial charge in [-0.15, -0.1) is 15.3 Å². The van der Waals surface area contributed by atoms with Crippen LogP contribution < -0.4 is 25.0 Å². The SMILES string of the molecule is COc1ccccc1N=C([O-])c1cc2ccccc2c(N=Nc2c(C)cc(Cl)cc2S(=O)(=O)O)c1[O-].COc1ccccc1NC(=O)c1cc2ccccc2c(N=Nc2c(C)cc(Cl)cc2S(=O)(=O)O)c1O.[Ca+2]. The van der Waals surface area contributed by atoms with Crippen LogP contribution in [0.5, 0.6) is 23.0 Å². The maximum Gasteiger partial charge on any atom is 2.00 e. The van der Waals surface area contributed by atoms with E-state index in [4.69, 9.17) is 32.7 Å². The van der Waals surface area contributed by atoms with E-state index in [-0.39, 0.29) is 87.3 Å². The van der Waals surface area contributed by atoms with Gasteiger partial charge in [0.1, 0.15) is 44.0 Å². The largest absolute Gasteiger partial charge is 2.00 e. The molecule has 0 saturated heterocycles. The van der Waals surface area contributed by atoms with Crippen LogP contribution in [0.3, 0.4) is 0 Å². The number of aliphatic imine (C=N–C) groups is 1. The number of nitrogens with zero attached hydrogens (tertiary/aromatic N) is 5. The van der Waals surface area contributed by atoms with Gasteiger partial charge in [-0.2, -0.15) is 21.9 Å². The van der Waals surface area contributed by atoms with Gasteiger partial charge in [-0.1, -0.05) is 102 Å². The zero-order valence-corrected chi connectivity index (χ0v) is 44.1. The Bertz CT molecular complexity index is 3790. The van der Waals surface area contributed by atoms with E-state index in [0.717, 1.165) is 12.1 Å². The standard InChI is InChI=1S/2C25H20ClN3O6S.Ca/c2*1-14-11-16(26)13-21(36(32,33)34)22(14)28-29-23-17-8-4-3-7-15(17)12-18(24(23)30)25(31)27-19-9-5-6-10-20(19)35-2;/h2*3-13,30H,1-2H3,(H,27,31)(H,32,33,34);/q;;+2/p-2. The number of benzene rings is 8. The number of hydrogen-bond donors (Lipinski definition) is 4. The average molecular weight is 1090 g/mol. The Balaban J connectivity index is 0.000000235. The molecule has 0 fully saturated rings. The van der Waals surface area contributed by atoms with E-state index in [1.807, 2.05) is 0 Å². The van der Waals surface area contributed by atoms with E-state index < -0.39 is 53.3 Å². The Morgan fingerprint density at radius 3 is 1.58 bits per heavy atom. The zero-order chi connectivity index (χ0) is 52.1. The predicted octanol–water partition coefficient (Wildman–Crippen LogP) is 11.0. The van der Waals surface area contributed by atoms with Gasteiger partial charge in [0.05, 0.1) is 31.2 Å². The first kappa shape index (κ1) is 55.6. The number of methoxy groups -OCH3 is 2. The van der Waals surface area contributed by atoms with Crippen molar-refractivity contribution in [1.29, 1.82) is 0 Å². The van der Waals surface area contributed by atoms with Crippen molar-refractivity contribution in [2.24, 2.45) is 25.4 Å². The second kappa shape index (κ2) is 23.4. The fourth-order valence-corrected chi connectivity index (χ4v) is 9.37. The molecule has 0 unspecified atom stereocenters. The molecule has 8 aromatic carbocycles. The molecule has 8 aromatic rings. The molecule has 0 aliphatic heterocycles. The van der Waals surface area contributed by atoms with E-state index in [1.165, 1.54) is 45.4 Å². The molecule has 0 bridgehead atoms. The van der Waals surface area contributed by atoms with Gasteiger partial charge in [0.15, 0.2) is 5.75 Å². The molecule has 18 nitrogen and oxygen atoms in total. The molecule has 23 heteroatoms. The monoisotopic (exact) mass is 1090 g/mol. The summed E-state index contributed by atoms with van der Waals surface area (Å²) in [7, 11) is -6.47. The molecule has 8 rings (SSSR count). The number of ether oxygens (including phenoxy) is 2. The number of anilines is 1. The Kier molecular flexibility index (Phi) is 17.8. The summed E-state index contributed by atoms with van der Waals surface area (Å²) < 4.78 is 77.3. The summed E-state index contributed by atoms with van der Waals surface area (Å²) in [6.45, 7) is 3.07. The van der Waals surface area contributed by atoms with E-state index in [0.29, 0.717) is 49.9 Å². The first-order valence-electron chi connectivity index (χ1n) is 20.9. The first-order valence-corrected chi connectivity index (χ1v) is 24.5. The predicted molar refractivity (Wildman–Crippen MR) is 275 cm³/mol.